The molecule has 0 amide bonds. The molecular formula is C11H10BrFO. The molecule has 0 aliphatic heterocycles. The number of halogens is 2. The summed E-state index contributed by atoms with van der Waals surface area (Å²) >= 11 is 3.31. The van der Waals surface area contributed by atoms with E-state index in [1.807, 2.05) is 0 Å². The van der Waals surface area contributed by atoms with Crippen molar-refractivity contribution in [1.29, 1.82) is 0 Å². The second kappa shape index (κ2) is 3.81. The molecule has 0 aromatic heterocycles. The van der Waals surface area contributed by atoms with Crippen molar-refractivity contribution in [2.45, 2.75) is 17.7 Å². The number of carbonyl (C=O) groups excluding carboxylic acids is 1. The predicted octanol–water partition coefficient (Wildman–Crippen LogP) is 3.24. The van der Waals surface area contributed by atoms with Gasteiger partial charge in [0.15, 0.2) is 5.78 Å². The summed E-state index contributed by atoms with van der Waals surface area (Å²) in [7, 11) is 0. The summed E-state index contributed by atoms with van der Waals surface area (Å²) in [6, 6.07) is 6.17. The van der Waals surface area contributed by atoms with Gasteiger partial charge in [-0.1, -0.05) is 28.1 Å². The van der Waals surface area contributed by atoms with Crippen molar-refractivity contribution in [3.05, 3.63) is 35.6 Å². The highest BCUT2D eigenvalue weighted by molar-refractivity contribution is 9.09. The third-order valence-corrected chi connectivity index (χ3v) is 3.35. The largest absolute Gasteiger partial charge is 0.298 e. The van der Waals surface area contributed by atoms with Crippen LogP contribution in [0.1, 0.15) is 23.2 Å². The molecule has 1 aromatic rings. The molecule has 3 heteroatoms. The number of hydrogen-bond acceptors (Lipinski definition) is 1. The first kappa shape index (κ1) is 9.84. The van der Waals surface area contributed by atoms with Crippen LogP contribution in [0.25, 0.3) is 0 Å². The van der Waals surface area contributed by atoms with E-state index in [2.05, 4.69) is 15.9 Å². The minimum absolute atomic E-state index is 0.176. The highest BCUT2D eigenvalue weighted by Gasteiger charge is 2.34. The van der Waals surface area contributed by atoms with Gasteiger partial charge in [0.25, 0.3) is 0 Å². The summed E-state index contributed by atoms with van der Waals surface area (Å²) in [5.74, 6) is 0.0776. The van der Waals surface area contributed by atoms with E-state index in [4.69, 9.17) is 0 Å². The lowest BCUT2D eigenvalue weighted by atomic mass is 10.1. The number of hydrogen-bond donors (Lipinski definition) is 0. The number of ketones is 1. The summed E-state index contributed by atoms with van der Waals surface area (Å²) in [6.45, 7) is 0. The van der Waals surface area contributed by atoms with Crippen LogP contribution in [-0.2, 0) is 4.79 Å². The van der Waals surface area contributed by atoms with Crippen molar-refractivity contribution >= 4 is 21.7 Å². The van der Waals surface area contributed by atoms with Gasteiger partial charge in [0.2, 0.25) is 0 Å². The van der Waals surface area contributed by atoms with E-state index in [-0.39, 0.29) is 22.3 Å². The molecular weight excluding hydrogens is 247 g/mol. The fraction of sp³-hybridized carbons (Fsp3) is 0.364. The third kappa shape index (κ3) is 2.03. The zero-order valence-electron chi connectivity index (χ0n) is 7.54. The Morgan fingerprint density at radius 2 is 2.21 bits per heavy atom. The Balaban J connectivity index is 2.17. The molecule has 1 aliphatic carbocycles. The van der Waals surface area contributed by atoms with Gasteiger partial charge < -0.3 is 0 Å². The second-order valence-corrected chi connectivity index (χ2v) is 4.51. The van der Waals surface area contributed by atoms with Crippen molar-refractivity contribution in [3.8, 4) is 0 Å². The van der Waals surface area contributed by atoms with E-state index >= 15 is 0 Å². The molecule has 1 aromatic carbocycles. The van der Waals surface area contributed by atoms with Crippen LogP contribution in [0.2, 0.25) is 0 Å². The van der Waals surface area contributed by atoms with Gasteiger partial charge in [0.1, 0.15) is 5.82 Å². The Labute approximate surface area is 90.4 Å². The van der Waals surface area contributed by atoms with Crippen LogP contribution in [0.15, 0.2) is 24.3 Å². The molecule has 14 heavy (non-hydrogen) atoms. The van der Waals surface area contributed by atoms with E-state index in [0.29, 0.717) is 5.56 Å². The SMILES string of the molecule is O=C(C1CC1)[C@H](Br)c1cccc(F)c1. The number of alkyl halides is 1. The maximum absolute atomic E-state index is 12.9. The van der Waals surface area contributed by atoms with Crippen LogP contribution in [0.3, 0.4) is 0 Å². The zero-order chi connectivity index (χ0) is 10.1. The molecule has 1 fully saturated rings. The molecule has 2 rings (SSSR count). The molecule has 0 saturated heterocycles. The fourth-order valence-electron chi connectivity index (χ4n) is 1.40. The van der Waals surface area contributed by atoms with Crippen LogP contribution in [0, 0.1) is 11.7 Å². The summed E-state index contributed by atoms with van der Waals surface area (Å²) in [6.07, 6.45) is 1.96. The van der Waals surface area contributed by atoms with Gasteiger partial charge in [-0.3, -0.25) is 4.79 Å². The van der Waals surface area contributed by atoms with Gasteiger partial charge >= 0.3 is 0 Å². The topological polar surface area (TPSA) is 17.1 Å². The number of Topliss-reactive ketones (excluding diaryl/α,β-unsaturated/α-hetero) is 1. The van der Waals surface area contributed by atoms with Gasteiger partial charge in [-0.25, -0.2) is 4.39 Å². The Morgan fingerprint density at radius 3 is 2.79 bits per heavy atom. The minimum atomic E-state index is -0.342. The Hall–Kier alpha value is -0.700. The molecule has 0 radical (unpaired) electrons. The number of benzene rings is 1. The van der Waals surface area contributed by atoms with E-state index < -0.39 is 0 Å². The van der Waals surface area contributed by atoms with E-state index in [0.717, 1.165) is 12.8 Å². The first-order valence-corrected chi connectivity index (χ1v) is 5.53. The summed E-state index contributed by atoms with van der Waals surface area (Å²) in [4.78, 5) is 11.3. The van der Waals surface area contributed by atoms with E-state index in [1.54, 1.807) is 12.1 Å². The maximum Gasteiger partial charge on any atom is 0.153 e. The first-order chi connectivity index (χ1) is 6.68. The standard InChI is InChI=1S/C11H10BrFO/c12-10(11(14)7-4-5-7)8-2-1-3-9(13)6-8/h1-3,6-7,10H,4-5H2/t10-/m1/s1. The predicted molar refractivity (Wildman–Crippen MR) is 55.8 cm³/mol. The lowest BCUT2D eigenvalue weighted by Crippen LogP contribution is -2.08. The first-order valence-electron chi connectivity index (χ1n) is 4.62. The van der Waals surface area contributed by atoms with E-state index in [1.165, 1.54) is 12.1 Å². The van der Waals surface area contributed by atoms with Crippen molar-refractivity contribution in [2.75, 3.05) is 0 Å². The minimum Gasteiger partial charge on any atom is -0.298 e. The van der Waals surface area contributed by atoms with Crippen molar-refractivity contribution < 1.29 is 9.18 Å². The van der Waals surface area contributed by atoms with Gasteiger partial charge in [-0.2, -0.15) is 0 Å². The Morgan fingerprint density at radius 1 is 1.50 bits per heavy atom. The normalized spacial score (nSPS) is 17.9. The Kier molecular flexibility index (Phi) is 2.68. The van der Waals surface area contributed by atoms with Gasteiger partial charge in [0, 0.05) is 5.92 Å². The zero-order valence-corrected chi connectivity index (χ0v) is 9.13. The number of carbonyl (C=O) groups is 1. The molecule has 74 valence electrons. The molecule has 0 N–H and O–H groups in total. The van der Waals surface area contributed by atoms with Gasteiger partial charge in [0.05, 0.1) is 4.83 Å². The average molecular weight is 257 g/mol. The van der Waals surface area contributed by atoms with Gasteiger partial charge in [-0.15, -0.1) is 0 Å². The summed E-state index contributed by atoms with van der Waals surface area (Å²) in [5, 5.41) is 0. The smallest absolute Gasteiger partial charge is 0.153 e. The number of rotatable bonds is 3. The second-order valence-electron chi connectivity index (χ2n) is 3.59. The van der Waals surface area contributed by atoms with E-state index in [9.17, 15) is 9.18 Å². The lowest BCUT2D eigenvalue weighted by molar-refractivity contribution is -0.119. The molecule has 0 spiro atoms. The maximum atomic E-state index is 12.9. The molecule has 1 atom stereocenters. The fourth-order valence-corrected chi connectivity index (χ4v) is 2.06. The van der Waals surface area contributed by atoms with Crippen molar-refractivity contribution in [3.63, 3.8) is 0 Å². The molecule has 0 heterocycles. The molecule has 1 aliphatic rings. The van der Waals surface area contributed by atoms with Crippen LogP contribution in [0.5, 0.6) is 0 Å². The summed E-state index contributed by atoms with van der Waals surface area (Å²) in [5.41, 5.74) is 0.710. The van der Waals surface area contributed by atoms with Crippen molar-refractivity contribution in [1.82, 2.24) is 0 Å². The third-order valence-electron chi connectivity index (χ3n) is 2.37. The van der Waals surface area contributed by atoms with Crippen LogP contribution in [0.4, 0.5) is 4.39 Å². The lowest BCUT2D eigenvalue weighted by Gasteiger charge is -2.07. The summed E-state index contributed by atoms with van der Waals surface area (Å²) < 4.78 is 12.9. The van der Waals surface area contributed by atoms with Crippen LogP contribution < -0.4 is 0 Å². The average Bonchev–Trinajstić information content (AvgIpc) is 2.99. The Bertz CT molecular complexity index is 360. The highest BCUT2D eigenvalue weighted by Crippen LogP contribution is 2.38. The van der Waals surface area contributed by atoms with Crippen molar-refractivity contribution in [2.24, 2.45) is 5.92 Å². The molecule has 1 nitrogen and oxygen atoms in total. The quantitative estimate of drug-likeness (QED) is 0.759. The molecule has 0 bridgehead atoms. The molecule has 1 saturated carbocycles. The van der Waals surface area contributed by atoms with Crippen LogP contribution >= 0.6 is 15.9 Å². The monoisotopic (exact) mass is 256 g/mol. The highest BCUT2D eigenvalue weighted by atomic mass is 79.9. The molecule has 0 unspecified atom stereocenters. The van der Waals surface area contributed by atoms with Crippen LogP contribution in [-0.4, -0.2) is 5.78 Å². The van der Waals surface area contributed by atoms with Gasteiger partial charge in [-0.05, 0) is 30.5 Å².